The molecule has 14 heteroatoms. The Hall–Kier alpha value is -4.10. The molecule has 1 aliphatic heterocycles. The summed E-state index contributed by atoms with van der Waals surface area (Å²) < 4.78 is 38.4. The molecule has 0 saturated carbocycles. The molecule has 1 aromatic carbocycles. The monoisotopic (exact) mass is 545 g/mol. The van der Waals surface area contributed by atoms with Crippen molar-refractivity contribution in [2.75, 3.05) is 30.0 Å². The van der Waals surface area contributed by atoms with Crippen LogP contribution in [0.3, 0.4) is 0 Å². The quantitative estimate of drug-likeness (QED) is 0.438. The van der Waals surface area contributed by atoms with Gasteiger partial charge in [0.2, 0.25) is 15.9 Å². The zero-order valence-electron chi connectivity index (χ0n) is 19.4. The first-order valence-corrected chi connectivity index (χ1v) is 13.1. The lowest BCUT2D eigenvalue weighted by Gasteiger charge is -2.29. The Bertz CT molecular complexity index is 1490. The van der Waals surface area contributed by atoms with E-state index in [1.807, 2.05) is 0 Å². The fourth-order valence-electron chi connectivity index (χ4n) is 3.43. The highest BCUT2D eigenvalue weighted by atomic mass is 35.5. The smallest absolute Gasteiger partial charge is 0.337 e. The normalized spacial score (nSPS) is 13.5. The number of benzene rings is 1. The van der Waals surface area contributed by atoms with Crippen LogP contribution in [-0.4, -0.2) is 64.1 Å². The summed E-state index contributed by atoms with van der Waals surface area (Å²) in [6.45, 7) is -0.0662. The van der Waals surface area contributed by atoms with Crippen molar-refractivity contribution in [3.05, 3.63) is 71.9 Å². The van der Waals surface area contributed by atoms with Gasteiger partial charge < -0.3 is 10.6 Å². The number of hydrogen-bond acceptors (Lipinski definition) is 8. The number of urea groups is 1. The summed E-state index contributed by atoms with van der Waals surface area (Å²) in [7, 11) is -3.71. The zero-order chi connectivity index (χ0) is 26.6. The molecule has 4 rings (SSSR count). The Morgan fingerprint density at radius 3 is 2.78 bits per heavy atom. The average Bonchev–Trinajstić information content (AvgIpc) is 2.84. The summed E-state index contributed by atoms with van der Waals surface area (Å²) in [6.07, 6.45) is 6.76. The van der Waals surface area contributed by atoms with Crippen LogP contribution in [0, 0.1) is 5.82 Å². The molecule has 2 aromatic heterocycles. The van der Waals surface area contributed by atoms with E-state index in [9.17, 15) is 22.4 Å². The minimum absolute atomic E-state index is 0.0172. The highest BCUT2D eigenvalue weighted by Crippen LogP contribution is 2.27. The van der Waals surface area contributed by atoms with Crippen LogP contribution in [0.15, 0.2) is 61.1 Å². The van der Waals surface area contributed by atoms with Crippen LogP contribution in [0.25, 0.3) is 11.3 Å². The number of pyridine rings is 1. The maximum absolute atomic E-state index is 14.2. The van der Waals surface area contributed by atoms with Gasteiger partial charge in [-0.25, -0.2) is 26.9 Å². The first-order chi connectivity index (χ1) is 17.6. The number of sulfonamides is 1. The Balaban J connectivity index is 1.38. The van der Waals surface area contributed by atoms with E-state index in [-0.39, 0.29) is 36.6 Å². The maximum Gasteiger partial charge on any atom is 0.337 e. The van der Waals surface area contributed by atoms with Crippen LogP contribution >= 0.6 is 11.6 Å². The Kier molecular flexibility index (Phi) is 7.64. The standard InChI is InChI=1S/C23H21ClFN7O4S/c1-37(35,36)32-9-2-8-31(23(32)34)10-6-22(33)29-21-13-16(5-7-26-21)28-17-12-20(30-27-14-17)18-11-15(24)3-4-19(18)25/h2-5,7-8,11-14H,6,9-10H2,1H3,(H2,26,28,29,30,33). The Morgan fingerprint density at radius 1 is 1.19 bits per heavy atom. The third-order valence-corrected chi connectivity index (χ3v) is 6.51. The van der Waals surface area contributed by atoms with E-state index < -0.39 is 27.8 Å². The van der Waals surface area contributed by atoms with Gasteiger partial charge in [0.05, 0.1) is 30.4 Å². The number of halogens is 2. The lowest BCUT2D eigenvalue weighted by Crippen LogP contribution is -2.47. The number of anilines is 3. The van der Waals surface area contributed by atoms with Crippen molar-refractivity contribution in [1.82, 2.24) is 24.4 Å². The lowest BCUT2D eigenvalue weighted by molar-refractivity contribution is -0.116. The summed E-state index contributed by atoms with van der Waals surface area (Å²) in [5.74, 6) is -0.668. The predicted molar refractivity (Wildman–Crippen MR) is 136 cm³/mol. The van der Waals surface area contributed by atoms with E-state index in [1.165, 1.54) is 42.9 Å². The van der Waals surface area contributed by atoms with Crippen molar-refractivity contribution < 1.29 is 22.4 Å². The second-order valence-electron chi connectivity index (χ2n) is 7.96. The molecular formula is C23H21ClFN7O4S. The van der Waals surface area contributed by atoms with E-state index in [1.54, 1.807) is 18.2 Å². The lowest BCUT2D eigenvalue weighted by atomic mass is 10.1. The van der Waals surface area contributed by atoms with Crippen molar-refractivity contribution in [2.45, 2.75) is 6.42 Å². The first kappa shape index (κ1) is 26.0. The molecule has 2 N–H and O–H groups in total. The zero-order valence-corrected chi connectivity index (χ0v) is 21.0. The Morgan fingerprint density at radius 2 is 2.00 bits per heavy atom. The van der Waals surface area contributed by atoms with Gasteiger partial charge in [-0.2, -0.15) is 10.2 Å². The largest absolute Gasteiger partial charge is 0.354 e. The molecule has 0 saturated heterocycles. The van der Waals surface area contributed by atoms with Gasteiger partial charge in [0, 0.05) is 47.7 Å². The summed E-state index contributed by atoms with van der Waals surface area (Å²) in [6, 6.07) is 8.26. The maximum atomic E-state index is 14.2. The van der Waals surface area contributed by atoms with Gasteiger partial charge in [0.1, 0.15) is 11.6 Å². The molecule has 0 spiro atoms. The van der Waals surface area contributed by atoms with Gasteiger partial charge in [0.15, 0.2) is 0 Å². The molecule has 3 amide bonds. The van der Waals surface area contributed by atoms with Crippen molar-refractivity contribution >= 4 is 50.8 Å². The SMILES string of the molecule is CS(=O)(=O)N1CC=CN(CCC(=O)Nc2cc(Nc3cnnc(-c4cc(Cl)ccc4F)c3)ccn2)C1=O. The molecular weight excluding hydrogens is 525 g/mol. The number of nitrogens with one attached hydrogen (secondary N) is 2. The summed E-state index contributed by atoms with van der Waals surface area (Å²) in [4.78, 5) is 30.1. The molecule has 3 aromatic rings. The number of carbonyl (C=O) groups excluding carboxylic acids is 2. The van der Waals surface area contributed by atoms with Gasteiger partial charge in [-0.3, -0.25) is 9.69 Å². The van der Waals surface area contributed by atoms with Gasteiger partial charge in [0.25, 0.3) is 0 Å². The molecule has 0 unspecified atom stereocenters. The third kappa shape index (κ3) is 6.57. The van der Waals surface area contributed by atoms with Crippen LogP contribution in [0.5, 0.6) is 0 Å². The first-order valence-electron chi connectivity index (χ1n) is 10.9. The summed E-state index contributed by atoms with van der Waals surface area (Å²) >= 11 is 5.97. The van der Waals surface area contributed by atoms with E-state index in [0.717, 1.165) is 15.5 Å². The minimum atomic E-state index is -3.71. The van der Waals surface area contributed by atoms with E-state index in [4.69, 9.17) is 11.6 Å². The molecule has 1 aliphatic rings. The highest BCUT2D eigenvalue weighted by molar-refractivity contribution is 7.88. The summed E-state index contributed by atoms with van der Waals surface area (Å²) in [5, 5.41) is 14.0. The molecule has 11 nitrogen and oxygen atoms in total. The minimum Gasteiger partial charge on any atom is -0.354 e. The number of amides is 3. The number of carbonyl (C=O) groups is 2. The van der Waals surface area contributed by atoms with E-state index in [2.05, 4.69) is 25.8 Å². The van der Waals surface area contributed by atoms with Gasteiger partial charge in [-0.15, -0.1) is 0 Å². The summed E-state index contributed by atoms with van der Waals surface area (Å²) in [5.41, 5.74) is 1.56. The fourth-order valence-corrected chi connectivity index (χ4v) is 4.35. The molecule has 0 fully saturated rings. The van der Waals surface area contributed by atoms with Crippen molar-refractivity contribution in [3.8, 4) is 11.3 Å². The number of rotatable bonds is 8. The number of hydrogen-bond donors (Lipinski definition) is 2. The van der Waals surface area contributed by atoms with Gasteiger partial charge in [-0.1, -0.05) is 11.6 Å². The number of nitrogens with zero attached hydrogens (tertiary/aromatic N) is 5. The van der Waals surface area contributed by atoms with Crippen LogP contribution in [-0.2, 0) is 14.8 Å². The second-order valence-corrected chi connectivity index (χ2v) is 10.3. The van der Waals surface area contributed by atoms with Gasteiger partial charge in [-0.05, 0) is 36.4 Å². The molecule has 0 radical (unpaired) electrons. The van der Waals surface area contributed by atoms with Crippen molar-refractivity contribution in [3.63, 3.8) is 0 Å². The van der Waals surface area contributed by atoms with E-state index in [0.29, 0.717) is 16.4 Å². The molecule has 0 bridgehead atoms. The predicted octanol–water partition coefficient (Wildman–Crippen LogP) is 3.61. The number of aromatic nitrogens is 3. The van der Waals surface area contributed by atoms with Crippen LogP contribution < -0.4 is 10.6 Å². The van der Waals surface area contributed by atoms with Gasteiger partial charge >= 0.3 is 6.03 Å². The highest BCUT2D eigenvalue weighted by Gasteiger charge is 2.29. The van der Waals surface area contributed by atoms with Crippen LogP contribution in [0.2, 0.25) is 5.02 Å². The topological polar surface area (TPSA) is 137 Å². The second kappa shape index (κ2) is 10.9. The molecule has 192 valence electrons. The van der Waals surface area contributed by atoms with Crippen LogP contribution in [0.1, 0.15) is 6.42 Å². The van der Waals surface area contributed by atoms with Crippen LogP contribution in [0.4, 0.5) is 26.4 Å². The van der Waals surface area contributed by atoms with E-state index >= 15 is 0 Å². The molecule has 37 heavy (non-hydrogen) atoms. The molecule has 0 aliphatic carbocycles. The average molecular weight is 546 g/mol. The Labute approximate surface area is 217 Å². The molecule has 3 heterocycles. The molecule has 0 atom stereocenters. The third-order valence-electron chi connectivity index (χ3n) is 5.17. The van der Waals surface area contributed by atoms with Crippen molar-refractivity contribution in [2.24, 2.45) is 0 Å². The fraction of sp³-hybridized carbons (Fsp3) is 0.174. The van der Waals surface area contributed by atoms with Crippen molar-refractivity contribution in [1.29, 1.82) is 0 Å².